The second-order valence-electron chi connectivity index (χ2n) is 3.47. The first-order chi connectivity index (χ1) is 6.50. The van der Waals surface area contributed by atoms with Gasteiger partial charge in [0.1, 0.15) is 5.82 Å². The molecular formula is C12H14FN. The Labute approximate surface area is 84.1 Å². The van der Waals surface area contributed by atoms with Crippen LogP contribution in [0.5, 0.6) is 0 Å². The number of hydrogen-bond acceptors (Lipinski definition) is 1. The molecule has 2 N–H and O–H groups in total. The summed E-state index contributed by atoms with van der Waals surface area (Å²) in [7, 11) is 0. The molecule has 1 unspecified atom stereocenters. The van der Waals surface area contributed by atoms with Crippen molar-refractivity contribution in [3.63, 3.8) is 0 Å². The molecule has 0 saturated heterocycles. The van der Waals surface area contributed by atoms with Crippen LogP contribution in [0.2, 0.25) is 0 Å². The number of hydrogen-bond donors (Lipinski definition) is 1. The van der Waals surface area contributed by atoms with Crippen molar-refractivity contribution in [3.8, 4) is 11.8 Å². The summed E-state index contributed by atoms with van der Waals surface area (Å²) in [4.78, 5) is 0. The Balaban J connectivity index is 3.17. The summed E-state index contributed by atoms with van der Waals surface area (Å²) in [5.74, 6) is 5.62. The fourth-order valence-corrected chi connectivity index (χ4v) is 1.29. The number of benzene rings is 1. The number of rotatable bonds is 0. The van der Waals surface area contributed by atoms with Crippen LogP contribution < -0.4 is 5.73 Å². The van der Waals surface area contributed by atoms with Crippen molar-refractivity contribution in [1.82, 2.24) is 0 Å². The zero-order valence-corrected chi connectivity index (χ0v) is 8.69. The van der Waals surface area contributed by atoms with Gasteiger partial charge in [-0.05, 0) is 44.0 Å². The number of nitrogens with two attached hydrogens (primary N) is 1. The molecule has 1 atom stereocenters. The van der Waals surface area contributed by atoms with Crippen molar-refractivity contribution in [1.29, 1.82) is 0 Å². The van der Waals surface area contributed by atoms with E-state index in [2.05, 4.69) is 11.8 Å². The molecular weight excluding hydrogens is 177 g/mol. The fourth-order valence-electron chi connectivity index (χ4n) is 1.29. The van der Waals surface area contributed by atoms with Crippen LogP contribution in [0.15, 0.2) is 12.1 Å². The van der Waals surface area contributed by atoms with Gasteiger partial charge in [0.05, 0.1) is 6.04 Å². The molecule has 0 aromatic heterocycles. The Morgan fingerprint density at radius 2 is 1.79 bits per heavy atom. The lowest BCUT2D eigenvalue weighted by molar-refractivity contribution is 0.625. The smallest absolute Gasteiger partial charge is 0.123 e. The second-order valence-corrected chi connectivity index (χ2v) is 3.47. The molecule has 0 aliphatic carbocycles. The Morgan fingerprint density at radius 1 is 1.29 bits per heavy atom. The van der Waals surface area contributed by atoms with Crippen molar-refractivity contribution in [2.75, 3.05) is 0 Å². The van der Waals surface area contributed by atoms with Gasteiger partial charge in [0, 0.05) is 5.56 Å². The Bertz CT molecular complexity index is 374. The highest BCUT2D eigenvalue weighted by Crippen LogP contribution is 2.14. The standard InChI is InChI=1S/C12H14FN/c1-8-6-11(13)7-9(2)12(8)5-4-10(3)14/h6-7,10H,14H2,1-3H3. The van der Waals surface area contributed by atoms with Crippen molar-refractivity contribution < 1.29 is 4.39 Å². The molecule has 1 nitrogen and oxygen atoms in total. The van der Waals surface area contributed by atoms with Gasteiger partial charge in [-0.2, -0.15) is 0 Å². The van der Waals surface area contributed by atoms with Crippen LogP contribution >= 0.6 is 0 Å². The molecule has 14 heavy (non-hydrogen) atoms. The van der Waals surface area contributed by atoms with E-state index in [9.17, 15) is 4.39 Å². The minimum Gasteiger partial charge on any atom is -0.318 e. The van der Waals surface area contributed by atoms with E-state index < -0.39 is 0 Å². The molecule has 74 valence electrons. The molecule has 0 aliphatic rings. The van der Waals surface area contributed by atoms with Crippen molar-refractivity contribution in [2.45, 2.75) is 26.8 Å². The lowest BCUT2D eigenvalue weighted by Crippen LogP contribution is -2.11. The van der Waals surface area contributed by atoms with E-state index in [0.29, 0.717) is 0 Å². The largest absolute Gasteiger partial charge is 0.318 e. The Hall–Kier alpha value is -1.33. The van der Waals surface area contributed by atoms with E-state index in [-0.39, 0.29) is 11.9 Å². The topological polar surface area (TPSA) is 26.0 Å². The lowest BCUT2D eigenvalue weighted by Gasteiger charge is -2.03. The van der Waals surface area contributed by atoms with Gasteiger partial charge in [-0.1, -0.05) is 11.8 Å². The average molecular weight is 191 g/mol. The predicted octanol–water partition coefficient (Wildman–Crippen LogP) is 2.14. The first kappa shape index (κ1) is 10.7. The summed E-state index contributed by atoms with van der Waals surface area (Å²) in [5.41, 5.74) is 8.12. The maximum Gasteiger partial charge on any atom is 0.123 e. The summed E-state index contributed by atoms with van der Waals surface area (Å²) < 4.78 is 12.9. The Morgan fingerprint density at radius 3 is 2.21 bits per heavy atom. The summed E-state index contributed by atoms with van der Waals surface area (Å²) in [5, 5.41) is 0. The number of halogens is 1. The summed E-state index contributed by atoms with van der Waals surface area (Å²) >= 11 is 0. The number of aryl methyl sites for hydroxylation is 2. The van der Waals surface area contributed by atoms with Crippen molar-refractivity contribution >= 4 is 0 Å². The minimum absolute atomic E-state index is 0.154. The van der Waals surface area contributed by atoms with Crippen LogP contribution in [0.3, 0.4) is 0 Å². The highest BCUT2D eigenvalue weighted by molar-refractivity contribution is 5.46. The minimum atomic E-state index is -0.216. The average Bonchev–Trinajstić information content (AvgIpc) is 2.01. The molecule has 0 bridgehead atoms. The van der Waals surface area contributed by atoms with E-state index in [1.54, 1.807) is 0 Å². The van der Waals surface area contributed by atoms with E-state index in [1.165, 1.54) is 12.1 Å². The predicted molar refractivity (Wildman–Crippen MR) is 56.4 cm³/mol. The third kappa shape index (κ3) is 2.58. The first-order valence-corrected chi connectivity index (χ1v) is 4.54. The molecule has 0 spiro atoms. The lowest BCUT2D eigenvalue weighted by atomic mass is 10.0. The normalized spacial score (nSPS) is 11.8. The van der Waals surface area contributed by atoms with Crippen LogP contribution in [-0.2, 0) is 0 Å². The van der Waals surface area contributed by atoms with Crippen molar-refractivity contribution in [2.24, 2.45) is 5.73 Å². The van der Waals surface area contributed by atoms with Crippen molar-refractivity contribution in [3.05, 3.63) is 34.6 Å². The second kappa shape index (κ2) is 4.26. The van der Waals surface area contributed by atoms with E-state index >= 15 is 0 Å². The quantitative estimate of drug-likeness (QED) is 0.625. The molecule has 2 heteroatoms. The molecule has 0 aliphatic heterocycles. The molecule has 0 heterocycles. The van der Waals surface area contributed by atoms with Crippen LogP contribution in [0.4, 0.5) is 4.39 Å². The molecule has 0 radical (unpaired) electrons. The SMILES string of the molecule is Cc1cc(F)cc(C)c1C#CC(C)N. The fraction of sp³-hybridized carbons (Fsp3) is 0.333. The zero-order chi connectivity index (χ0) is 10.7. The van der Waals surface area contributed by atoms with Crippen LogP contribution in [-0.4, -0.2) is 6.04 Å². The molecule has 0 fully saturated rings. The van der Waals surface area contributed by atoms with Crippen LogP contribution in [0, 0.1) is 31.5 Å². The summed E-state index contributed by atoms with van der Waals surface area (Å²) in [6.45, 7) is 5.52. The third-order valence-corrected chi connectivity index (χ3v) is 1.92. The third-order valence-electron chi connectivity index (χ3n) is 1.92. The van der Waals surface area contributed by atoms with Gasteiger partial charge < -0.3 is 5.73 Å². The van der Waals surface area contributed by atoms with Gasteiger partial charge >= 0.3 is 0 Å². The van der Waals surface area contributed by atoms with Crippen LogP contribution in [0.25, 0.3) is 0 Å². The van der Waals surface area contributed by atoms with Gasteiger partial charge in [-0.3, -0.25) is 0 Å². The molecule has 1 aromatic carbocycles. The molecule has 1 aromatic rings. The van der Waals surface area contributed by atoms with Gasteiger partial charge in [-0.15, -0.1) is 0 Å². The van der Waals surface area contributed by atoms with Gasteiger partial charge in [-0.25, -0.2) is 4.39 Å². The monoisotopic (exact) mass is 191 g/mol. The maximum absolute atomic E-state index is 12.9. The van der Waals surface area contributed by atoms with E-state index in [4.69, 9.17) is 5.73 Å². The van der Waals surface area contributed by atoms with Gasteiger partial charge in [0.25, 0.3) is 0 Å². The van der Waals surface area contributed by atoms with Gasteiger partial charge in [0.15, 0.2) is 0 Å². The summed E-state index contributed by atoms with van der Waals surface area (Å²) in [6, 6.07) is 2.81. The maximum atomic E-state index is 12.9. The van der Waals surface area contributed by atoms with Crippen LogP contribution in [0.1, 0.15) is 23.6 Å². The molecule has 0 saturated carbocycles. The molecule has 0 amide bonds. The zero-order valence-electron chi connectivity index (χ0n) is 8.69. The Kier molecular flexibility index (Phi) is 3.27. The molecule has 1 rings (SSSR count). The first-order valence-electron chi connectivity index (χ1n) is 4.54. The summed E-state index contributed by atoms with van der Waals surface area (Å²) in [6.07, 6.45) is 0. The van der Waals surface area contributed by atoms with Gasteiger partial charge in [0.2, 0.25) is 0 Å². The highest BCUT2D eigenvalue weighted by atomic mass is 19.1. The van der Waals surface area contributed by atoms with E-state index in [0.717, 1.165) is 16.7 Å². The van der Waals surface area contributed by atoms with E-state index in [1.807, 2.05) is 20.8 Å². The highest BCUT2D eigenvalue weighted by Gasteiger charge is 2.02.